The third-order valence-electron chi connectivity index (χ3n) is 6.28. The Hall–Kier alpha value is -2.92. The summed E-state index contributed by atoms with van der Waals surface area (Å²) in [5, 5.41) is 3.22. The summed E-state index contributed by atoms with van der Waals surface area (Å²) < 4.78 is 1.59. The molecule has 3 N–H and O–H groups in total. The first-order valence-electron chi connectivity index (χ1n) is 11.6. The van der Waals surface area contributed by atoms with Crippen LogP contribution in [-0.2, 0) is 13.5 Å². The molecule has 1 unspecified atom stereocenters. The highest BCUT2D eigenvalue weighted by Gasteiger charge is 2.12. The molecule has 0 spiro atoms. The molecule has 1 atom stereocenters. The Bertz CT molecular complexity index is 1090. The fourth-order valence-electron chi connectivity index (χ4n) is 4.12. The van der Waals surface area contributed by atoms with E-state index in [1.165, 1.54) is 36.0 Å². The maximum atomic E-state index is 12.7. The molecule has 0 radical (unpaired) electrons. The van der Waals surface area contributed by atoms with Crippen LogP contribution in [-0.4, -0.2) is 16.1 Å². The van der Waals surface area contributed by atoms with Gasteiger partial charge in [0.1, 0.15) is 0 Å². The number of nitrogens with one attached hydrogen (secondary N) is 1. The van der Waals surface area contributed by atoms with Gasteiger partial charge in [0.2, 0.25) is 0 Å². The maximum absolute atomic E-state index is 12.7. The summed E-state index contributed by atoms with van der Waals surface area (Å²) in [6.45, 7) is 7.16. The Labute approximate surface area is 191 Å². The Morgan fingerprint density at radius 1 is 1.09 bits per heavy atom. The minimum Gasteiger partial charge on any atom is -0.336 e. The summed E-state index contributed by atoms with van der Waals surface area (Å²) in [7, 11) is 1.76. The van der Waals surface area contributed by atoms with Crippen LogP contribution in [0.2, 0.25) is 0 Å². The molecule has 0 aliphatic carbocycles. The fraction of sp³-hybridized carbons (Fsp3) is 0.407. The van der Waals surface area contributed by atoms with Crippen LogP contribution in [0.25, 0.3) is 11.3 Å². The van der Waals surface area contributed by atoms with Crippen molar-refractivity contribution in [3.8, 4) is 11.3 Å². The highest BCUT2D eigenvalue weighted by molar-refractivity contribution is 5.67. The van der Waals surface area contributed by atoms with Gasteiger partial charge in [-0.3, -0.25) is 4.79 Å². The van der Waals surface area contributed by atoms with E-state index in [1.807, 2.05) is 24.3 Å². The summed E-state index contributed by atoms with van der Waals surface area (Å²) in [5.41, 5.74) is 12.1. The van der Waals surface area contributed by atoms with Crippen LogP contribution in [0.3, 0.4) is 0 Å². The monoisotopic (exact) mass is 432 g/mol. The van der Waals surface area contributed by atoms with Gasteiger partial charge in [-0.25, -0.2) is 4.98 Å². The molecule has 3 rings (SSSR count). The number of nitrogens with zero attached hydrogens (tertiary/aromatic N) is 2. The van der Waals surface area contributed by atoms with Gasteiger partial charge in [-0.2, -0.15) is 0 Å². The third-order valence-corrected chi connectivity index (χ3v) is 6.28. The van der Waals surface area contributed by atoms with E-state index in [0.29, 0.717) is 11.7 Å². The Balaban J connectivity index is 1.72. The van der Waals surface area contributed by atoms with Gasteiger partial charge < -0.3 is 15.6 Å². The smallest absolute Gasteiger partial charge is 0.293 e. The lowest BCUT2D eigenvalue weighted by Crippen LogP contribution is -2.21. The lowest BCUT2D eigenvalue weighted by atomic mass is 9.96. The van der Waals surface area contributed by atoms with Crippen molar-refractivity contribution in [1.82, 2.24) is 9.55 Å². The van der Waals surface area contributed by atoms with Crippen LogP contribution in [0.15, 0.2) is 53.5 Å². The van der Waals surface area contributed by atoms with Crippen molar-refractivity contribution in [3.63, 3.8) is 0 Å². The quantitative estimate of drug-likeness (QED) is 0.443. The second-order valence-electron chi connectivity index (χ2n) is 8.74. The Morgan fingerprint density at radius 3 is 2.53 bits per heavy atom. The molecule has 170 valence electrons. The standard InChI is InChI=1S/C27H36N4O/c1-5-8-22(17-28)11-7-10-21-13-15-23(16-14-21)29-26-27(32)31(4)18-25(30-26)24-12-6-9-19(2)20(24)3/h6,9,12-16,18,22H,5,7-8,10-11,17,28H2,1-4H3,(H,29,30). The lowest BCUT2D eigenvalue weighted by Gasteiger charge is -2.14. The molecule has 0 bridgehead atoms. The van der Waals surface area contributed by atoms with E-state index in [2.05, 4.69) is 49.3 Å². The van der Waals surface area contributed by atoms with Crippen LogP contribution < -0.4 is 16.6 Å². The van der Waals surface area contributed by atoms with Gasteiger partial charge >= 0.3 is 0 Å². The van der Waals surface area contributed by atoms with Crippen molar-refractivity contribution in [3.05, 3.63) is 75.7 Å². The summed E-state index contributed by atoms with van der Waals surface area (Å²) in [4.78, 5) is 17.4. The predicted molar refractivity (Wildman–Crippen MR) is 135 cm³/mol. The summed E-state index contributed by atoms with van der Waals surface area (Å²) in [5.74, 6) is 0.969. The van der Waals surface area contributed by atoms with Crippen LogP contribution in [0.1, 0.15) is 49.3 Å². The van der Waals surface area contributed by atoms with E-state index in [1.54, 1.807) is 17.8 Å². The molecule has 3 aromatic rings. The zero-order valence-electron chi connectivity index (χ0n) is 19.8. The van der Waals surface area contributed by atoms with E-state index < -0.39 is 0 Å². The second-order valence-corrected chi connectivity index (χ2v) is 8.74. The largest absolute Gasteiger partial charge is 0.336 e. The van der Waals surface area contributed by atoms with E-state index in [0.717, 1.165) is 36.3 Å². The number of aryl methyl sites for hydroxylation is 3. The van der Waals surface area contributed by atoms with Crippen molar-refractivity contribution < 1.29 is 0 Å². The number of hydrogen-bond acceptors (Lipinski definition) is 4. The van der Waals surface area contributed by atoms with Gasteiger partial charge in [0.05, 0.1) is 5.69 Å². The number of nitrogens with two attached hydrogens (primary N) is 1. The highest BCUT2D eigenvalue weighted by Crippen LogP contribution is 2.24. The second kappa shape index (κ2) is 11.1. The number of benzene rings is 2. The first-order chi connectivity index (χ1) is 15.4. The zero-order chi connectivity index (χ0) is 23.1. The van der Waals surface area contributed by atoms with Crippen LogP contribution in [0, 0.1) is 19.8 Å². The molecule has 1 aromatic heterocycles. The number of aromatic nitrogens is 2. The zero-order valence-corrected chi connectivity index (χ0v) is 19.8. The Kier molecular flexibility index (Phi) is 8.23. The minimum atomic E-state index is -0.146. The molecule has 2 aromatic carbocycles. The van der Waals surface area contributed by atoms with Gasteiger partial charge in [-0.1, -0.05) is 43.7 Å². The van der Waals surface area contributed by atoms with Crippen molar-refractivity contribution in [2.45, 2.75) is 52.9 Å². The number of rotatable bonds is 10. The first-order valence-corrected chi connectivity index (χ1v) is 11.6. The minimum absolute atomic E-state index is 0.146. The average Bonchev–Trinajstić information content (AvgIpc) is 2.79. The van der Waals surface area contributed by atoms with E-state index in [4.69, 9.17) is 5.73 Å². The van der Waals surface area contributed by atoms with Crippen LogP contribution in [0.5, 0.6) is 0 Å². The molecule has 32 heavy (non-hydrogen) atoms. The molecule has 1 heterocycles. The molecule has 0 saturated heterocycles. The molecule has 5 nitrogen and oxygen atoms in total. The molecular formula is C27H36N4O. The molecule has 0 saturated carbocycles. The van der Waals surface area contributed by atoms with Gasteiger partial charge in [-0.15, -0.1) is 0 Å². The average molecular weight is 433 g/mol. The van der Waals surface area contributed by atoms with Crippen molar-refractivity contribution in [1.29, 1.82) is 0 Å². The first kappa shape index (κ1) is 23.7. The number of anilines is 2. The van der Waals surface area contributed by atoms with Gasteiger partial charge in [0.25, 0.3) is 5.56 Å². The lowest BCUT2D eigenvalue weighted by molar-refractivity contribution is 0.441. The SMILES string of the molecule is CCCC(CN)CCCc1ccc(Nc2nc(-c3cccc(C)c3C)cn(C)c2=O)cc1. The number of hydrogen-bond donors (Lipinski definition) is 2. The van der Waals surface area contributed by atoms with E-state index >= 15 is 0 Å². The maximum Gasteiger partial charge on any atom is 0.293 e. The summed E-state index contributed by atoms with van der Waals surface area (Å²) in [6, 6.07) is 14.4. The normalized spacial score (nSPS) is 12.0. The van der Waals surface area contributed by atoms with E-state index in [9.17, 15) is 4.79 Å². The fourth-order valence-corrected chi connectivity index (χ4v) is 4.12. The molecular weight excluding hydrogens is 396 g/mol. The van der Waals surface area contributed by atoms with Gasteiger partial charge in [0.15, 0.2) is 5.82 Å². The van der Waals surface area contributed by atoms with Gasteiger partial charge in [-0.05, 0) is 80.8 Å². The van der Waals surface area contributed by atoms with Crippen molar-refractivity contribution >= 4 is 11.5 Å². The molecule has 0 aliphatic rings. The molecule has 0 fully saturated rings. The van der Waals surface area contributed by atoms with Crippen molar-refractivity contribution in [2.24, 2.45) is 18.7 Å². The van der Waals surface area contributed by atoms with Crippen LogP contribution in [0.4, 0.5) is 11.5 Å². The molecule has 0 amide bonds. The summed E-state index contributed by atoms with van der Waals surface area (Å²) in [6.07, 6.45) is 7.57. The molecule has 5 heteroatoms. The Morgan fingerprint density at radius 2 is 1.84 bits per heavy atom. The summed E-state index contributed by atoms with van der Waals surface area (Å²) >= 11 is 0. The van der Waals surface area contributed by atoms with E-state index in [-0.39, 0.29) is 5.56 Å². The highest BCUT2D eigenvalue weighted by atomic mass is 16.1. The predicted octanol–water partition coefficient (Wildman–Crippen LogP) is 5.51. The topological polar surface area (TPSA) is 72.9 Å². The van der Waals surface area contributed by atoms with Gasteiger partial charge in [0, 0.05) is 24.5 Å². The van der Waals surface area contributed by atoms with Crippen LogP contribution >= 0.6 is 0 Å². The van der Waals surface area contributed by atoms with Crippen molar-refractivity contribution in [2.75, 3.05) is 11.9 Å². The third kappa shape index (κ3) is 5.86. The molecule has 0 aliphatic heterocycles.